The molecule has 0 radical (unpaired) electrons. The molecule has 0 spiro atoms. The molecule has 1 aliphatic rings. The van der Waals surface area contributed by atoms with E-state index in [9.17, 15) is 17.6 Å². The van der Waals surface area contributed by atoms with Crippen LogP contribution in [0.3, 0.4) is 0 Å². The number of hydrogen-bond donors (Lipinski definition) is 0. The minimum atomic E-state index is -3.26. The van der Waals surface area contributed by atoms with Crippen molar-refractivity contribution >= 4 is 21.7 Å². The number of carbonyl (C=O) groups is 1. The highest BCUT2D eigenvalue weighted by Crippen LogP contribution is 2.25. The quantitative estimate of drug-likeness (QED) is 0.747. The fourth-order valence-electron chi connectivity index (χ4n) is 2.78. The fraction of sp³-hybridized carbons (Fsp3) is 0.278. The van der Waals surface area contributed by atoms with Gasteiger partial charge in [-0.3, -0.25) is 4.31 Å². The maximum Gasteiger partial charge on any atom is 0.338 e. The van der Waals surface area contributed by atoms with Crippen molar-refractivity contribution in [1.29, 1.82) is 0 Å². The molecule has 0 aliphatic carbocycles. The van der Waals surface area contributed by atoms with E-state index in [1.807, 2.05) is 0 Å². The van der Waals surface area contributed by atoms with Gasteiger partial charge in [-0.15, -0.1) is 0 Å². The van der Waals surface area contributed by atoms with Crippen LogP contribution in [0.4, 0.5) is 10.1 Å². The zero-order chi connectivity index (χ0) is 18.7. The van der Waals surface area contributed by atoms with E-state index in [0.717, 1.165) is 0 Å². The molecular weight excluding hydrogens is 361 g/mol. The van der Waals surface area contributed by atoms with E-state index in [1.165, 1.54) is 41.7 Å². The van der Waals surface area contributed by atoms with Crippen LogP contribution >= 0.6 is 0 Å². The van der Waals surface area contributed by atoms with Crippen LogP contribution in [-0.4, -0.2) is 33.8 Å². The van der Waals surface area contributed by atoms with Gasteiger partial charge < -0.3 is 9.47 Å². The van der Waals surface area contributed by atoms with Gasteiger partial charge in [-0.05, 0) is 48.9 Å². The molecule has 2 aromatic carbocycles. The molecule has 3 rings (SSSR count). The number of sulfonamides is 1. The molecule has 1 fully saturated rings. The second-order valence-corrected chi connectivity index (χ2v) is 7.83. The molecule has 0 N–H and O–H groups in total. The van der Waals surface area contributed by atoms with Crippen LogP contribution in [0.15, 0.2) is 42.5 Å². The smallest absolute Gasteiger partial charge is 0.338 e. The first-order valence-electron chi connectivity index (χ1n) is 8.01. The highest BCUT2D eigenvalue weighted by molar-refractivity contribution is 7.93. The number of hydrogen-bond acceptors (Lipinski definition) is 5. The molecule has 2 aromatic rings. The predicted octanol–water partition coefficient (Wildman–Crippen LogP) is 2.73. The van der Waals surface area contributed by atoms with Gasteiger partial charge in [0.05, 0.1) is 24.1 Å². The first-order chi connectivity index (χ1) is 12.4. The van der Waals surface area contributed by atoms with Crippen molar-refractivity contribution in [3.05, 3.63) is 59.4 Å². The van der Waals surface area contributed by atoms with Gasteiger partial charge in [0.1, 0.15) is 18.2 Å². The summed E-state index contributed by atoms with van der Waals surface area (Å²) in [5, 5.41) is 0. The van der Waals surface area contributed by atoms with Crippen LogP contribution in [-0.2, 0) is 21.4 Å². The number of esters is 1. The number of ether oxygens (including phenoxy) is 2. The Labute approximate surface area is 151 Å². The van der Waals surface area contributed by atoms with Crippen LogP contribution in [0, 0.1) is 5.82 Å². The molecule has 0 aromatic heterocycles. The maximum atomic E-state index is 13.3. The van der Waals surface area contributed by atoms with E-state index in [2.05, 4.69) is 0 Å². The van der Waals surface area contributed by atoms with Gasteiger partial charge in [-0.25, -0.2) is 17.6 Å². The van der Waals surface area contributed by atoms with E-state index in [4.69, 9.17) is 9.47 Å². The van der Waals surface area contributed by atoms with Crippen LogP contribution in [0.1, 0.15) is 22.3 Å². The molecule has 0 saturated carbocycles. The Morgan fingerprint density at radius 3 is 2.54 bits per heavy atom. The summed E-state index contributed by atoms with van der Waals surface area (Å²) in [6, 6.07) is 10.1. The fourth-order valence-corrected chi connectivity index (χ4v) is 4.34. The topological polar surface area (TPSA) is 72.9 Å². The van der Waals surface area contributed by atoms with Crippen molar-refractivity contribution in [2.75, 3.05) is 23.7 Å². The Kier molecular flexibility index (Phi) is 5.13. The number of carbonyl (C=O) groups excluding carboxylic acids is 1. The molecule has 0 bridgehead atoms. The van der Waals surface area contributed by atoms with Gasteiger partial charge in [-0.2, -0.15) is 0 Å². The van der Waals surface area contributed by atoms with Crippen molar-refractivity contribution in [2.24, 2.45) is 0 Å². The van der Waals surface area contributed by atoms with E-state index in [1.54, 1.807) is 12.1 Å². The zero-order valence-electron chi connectivity index (χ0n) is 14.1. The van der Waals surface area contributed by atoms with Crippen LogP contribution in [0.2, 0.25) is 0 Å². The lowest BCUT2D eigenvalue weighted by atomic mass is 10.2. The molecule has 1 saturated heterocycles. The Hall–Kier alpha value is -2.61. The van der Waals surface area contributed by atoms with E-state index < -0.39 is 21.8 Å². The summed E-state index contributed by atoms with van der Waals surface area (Å²) in [6.07, 6.45) is 0.585. The molecule has 26 heavy (non-hydrogen) atoms. The second kappa shape index (κ2) is 7.33. The molecule has 8 heteroatoms. The lowest BCUT2D eigenvalue weighted by Crippen LogP contribution is -2.25. The average molecular weight is 379 g/mol. The van der Waals surface area contributed by atoms with E-state index >= 15 is 0 Å². The standard InChI is InChI=1S/C18H18FNO5S/c1-24-17-8-5-15(19)11-14(17)12-25-18(21)13-3-6-16(7-4-13)20-9-2-10-26(20,22)23/h3-8,11H,2,9-10,12H2,1H3. The van der Waals surface area contributed by atoms with Crippen molar-refractivity contribution in [2.45, 2.75) is 13.0 Å². The highest BCUT2D eigenvalue weighted by Gasteiger charge is 2.28. The Morgan fingerprint density at radius 1 is 1.19 bits per heavy atom. The van der Waals surface area contributed by atoms with Gasteiger partial charge in [0.25, 0.3) is 0 Å². The number of rotatable bonds is 5. The zero-order valence-corrected chi connectivity index (χ0v) is 15.0. The third-order valence-electron chi connectivity index (χ3n) is 4.09. The van der Waals surface area contributed by atoms with Crippen LogP contribution < -0.4 is 9.04 Å². The maximum absolute atomic E-state index is 13.3. The van der Waals surface area contributed by atoms with Gasteiger partial charge in [0.15, 0.2) is 0 Å². The molecule has 138 valence electrons. The second-order valence-electron chi connectivity index (χ2n) is 5.82. The number of halogens is 1. The molecule has 1 heterocycles. The van der Waals surface area contributed by atoms with Gasteiger partial charge in [-0.1, -0.05) is 0 Å². The number of anilines is 1. The molecule has 6 nitrogen and oxygen atoms in total. The van der Waals surface area contributed by atoms with E-state index in [0.29, 0.717) is 30.0 Å². The molecule has 0 amide bonds. The van der Waals surface area contributed by atoms with Gasteiger partial charge in [0.2, 0.25) is 10.0 Å². The predicted molar refractivity (Wildman–Crippen MR) is 94.3 cm³/mol. The number of methoxy groups -OCH3 is 1. The van der Waals surface area contributed by atoms with Gasteiger partial charge in [0, 0.05) is 12.1 Å². The lowest BCUT2D eigenvalue weighted by Gasteiger charge is -2.17. The first-order valence-corrected chi connectivity index (χ1v) is 9.61. The largest absolute Gasteiger partial charge is 0.496 e. The normalized spacial score (nSPS) is 15.7. The summed E-state index contributed by atoms with van der Waals surface area (Å²) >= 11 is 0. The van der Waals surface area contributed by atoms with E-state index in [-0.39, 0.29) is 17.9 Å². The van der Waals surface area contributed by atoms with Crippen LogP contribution in [0.5, 0.6) is 5.75 Å². The van der Waals surface area contributed by atoms with Crippen molar-refractivity contribution in [3.63, 3.8) is 0 Å². The summed E-state index contributed by atoms with van der Waals surface area (Å²) in [6.45, 7) is 0.299. The molecule has 0 unspecified atom stereocenters. The minimum absolute atomic E-state index is 0.131. The summed E-state index contributed by atoms with van der Waals surface area (Å²) in [5.74, 6) is -0.485. The minimum Gasteiger partial charge on any atom is -0.496 e. The van der Waals surface area contributed by atoms with Crippen molar-refractivity contribution < 1.29 is 27.1 Å². The summed E-state index contributed by atoms with van der Waals surface area (Å²) in [5.41, 5.74) is 1.21. The van der Waals surface area contributed by atoms with Crippen molar-refractivity contribution in [1.82, 2.24) is 0 Å². The summed E-state index contributed by atoms with van der Waals surface area (Å²) in [4.78, 5) is 12.2. The lowest BCUT2D eigenvalue weighted by molar-refractivity contribution is 0.0469. The third kappa shape index (κ3) is 3.80. The highest BCUT2D eigenvalue weighted by atomic mass is 32.2. The summed E-state index contributed by atoms with van der Waals surface area (Å²) in [7, 11) is -1.82. The number of nitrogens with zero attached hydrogens (tertiary/aromatic N) is 1. The van der Waals surface area contributed by atoms with Crippen LogP contribution in [0.25, 0.3) is 0 Å². The SMILES string of the molecule is COc1ccc(F)cc1COC(=O)c1ccc(N2CCCS2(=O)=O)cc1. The Morgan fingerprint density at radius 2 is 1.92 bits per heavy atom. The van der Waals surface area contributed by atoms with Gasteiger partial charge >= 0.3 is 5.97 Å². The Bertz CT molecular complexity index is 912. The van der Waals surface area contributed by atoms with Crippen molar-refractivity contribution in [3.8, 4) is 5.75 Å². The monoisotopic (exact) mass is 379 g/mol. The molecule has 0 atom stereocenters. The third-order valence-corrected chi connectivity index (χ3v) is 5.96. The Balaban J connectivity index is 1.68. The molecular formula is C18H18FNO5S. The summed E-state index contributed by atoms with van der Waals surface area (Å²) < 4.78 is 48.8. The molecule has 1 aliphatic heterocycles. The average Bonchev–Trinajstić information content (AvgIpc) is 2.99. The first kappa shape index (κ1) is 18.2. The number of benzene rings is 2.